The van der Waals surface area contributed by atoms with Crippen molar-refractivity contribution in [3.8, 4) is 5.75 Å². The number of hydrogen-bond acceptors (Lipinski definition) is 3. The molecule has 4 nitrogen and oxygen atoms in total. The third kappa shape index (κ3) is 5.61. The van der Waals surface area contributed by atoms with Crippen LogP contribution in [0.5, 0.6) is 5.75 Å². The molecule has 20 heavy (non-hydrogen) atoms. The summed E-state index contributed by atoms with van der Waals surface area (Å²) in [5.74, 6) is 0.672. The van der Waals surface area contributed by atoms with Gasteiger partial charge in [-0.2, -0.15) is 0 Å². The van der Waals surface area contributed by atoms with Crippen molar-refractivity contribution in [2.45, 2.75) is 32.6 Å². The van der Waals surface area contributed by atoms with Crippen molar-refractivity contribution in [2.75, 3.05) is 13.7 Å². The number of aliphatic carboxylic acids is 1. The topological polar surface area (TPSA) is 72.5 Å². The molecule has 0 radical (unpaired) electrons. The molecule has 2 atom stereocenters. The molecule has 0 aliphatic heterocycles. The number of carboxylic acid groups (broad SMARTS) is 1. The Morgan fingerprint density at radius 2 is 2.10 bits per heavy atom. The summed E-state index contributed by atoms with van der Waals surface area (Å²) in [5.41, 5.74) is 6.84. The zero-order chi connectivity index (χ0) is 15.0. The van der Waals surface area contributed by atoms with Crippen molar-refractivity contribution in [1.29, 1.82) is 0 Å². The number of para-hydroxylation sites is 1. The van der Waals surface area contributed by atoms with Crippen molar-refractivity contribution in [3.63, 3.8) is 0 Å². The zero-order valence-electron chi connectivity index (χ0n) is 12.3. The molecule has 1 unspecified atom stereocenters. The molecular weight excluding hydrogens is 254 g/mol. The number of carbonyl (C=O) groups is 1. The molecule has 4 heteroatoms. The summed E-state index contributed by atoms with van der Waals surface area (Å²) in [6.45, 7) is 2.59. The van der Waals surface area contributed by atoms with Crippen LogP contribution in [0, 0.1) is 11.8 Å². The molecule has 112 valence electrons. The number of nitrogens with two attached hydrogens (primary N) is 1. The van der Waals surface area contributed by atoms with Gasteiger partial charge in [-0.15, -0.1) is 0 Å². The minimum absolute atomic E-state index is 0.0696. The fourth-order valence-electron chi connectivity index (χ4n) is 2.51. The first-order valence-corrected chi connectivity index (χ1v) is 7.10. The highest BCUT2D eigenvalue weighted by atomic mass is 16.5. The maximum Gasteiger partial charge on any atom is 0.303 e. The molecule has 0 saturated carbocycles. The molecule has 0 amide bonds. The lowest BCUT2D eigenvalue weighted by molar-refractivity contribution is -0.138. The fraction of sp³-hybridized carbons (Fsp3) is 0.562. The molecule has 0 heterocycles. The Hall–Kier alpha value is -1.55. The van der Waals surface area contributed by atoms with E-state index >= 15 is 0 Å². The summed E-state index contributed by atoms with van der Waals surface area (Å²) in [6, 6.07) is 8.01. The van der Waals surface area contributed by atoms with Gasteiger partial charge in [-0.1, -0.05) is 25.1 Å². The Bertz CT molecular complexity index is 420. The number of methoxy groups -OCH3 is 1. The standard InChI is InChI=1S/C16H25NO3/c1-12(9-13(11-17)10-16(18)19)7-8-14-5-3-4-6-15(14)20-2/h3-6,12-13H,7-11,17H2,1-2H3,(H,18,19)/t12?,13-/m0/s1. The first-order chi connectivity index (χ1) is 9.56. The highest BCUT2D eigenvalue weighted by Crippen LogP contribution is 2.23. The van der Waals surface area contributed by atoms with Gasteiger partial charge in [0.2, 0.25) is 0 Å². The van der Waals surface area contributed by atoms with Gasteiger partial charge in [0.25, 0.3) is 0 Å². The predicted molar refractivity (Wildman–Crippen MR) is 79.9 cm³/mol. The van der Waals surface area contributed by atoms with E-state index in [0.29, 0.717) is 12.5 Å². The van der Waals surface area contributed by atoms with Gasteiger partial charge in [-0.3, -0.25) is 4.79 Å². The van der Waals surface area contributed by atoms with Crippen LogP contribution in [0.2, 0.25) is 0 Å². The summed E-state index contributed by atoms with van der Waals surface area (Å²) in [4.78, 5) is 10.7. The van der Waals surface area contributed by atoms with Gasteiger partial charge in [0, 0.05) is 6.42 Å². The van der Waals surface area contributed by atoms with E-state index in [4.69, 9.17) is 15.6 Å². The maximum atomic E-state index is 10.7. The third-order valence-electron chi connectivity index (χ3n) is 3.63. The van der Waals surface area contributed by atoms with Crippen LogP contribution >= 0.6 is 0 Å². The van der Waals surface area contributed by atoms with Crippen LogP contribution in [0.1, 0.15) is 31.7 Å². The van der Waals surface area contributed by atoms with Crippen molar-refractivity contribution in [1.82, 2.24) is 0 Å². The van der Waals surface area contributed by atoms with E-state index in [0.717, 1.165) is 25.0 Å². The van der Waals surface area contributed by atoms with Gasteiger partial charge < -0.3 is 15.6 Å². The summed E-state index contributed by atoms with van der Waals surface area (Å²) >= 11 is 0. The van der Waals surface area contributed by atoms with E-state index in [9.17, 15) is 4.79 Å². The number of rotatable bonds is 9. The number of carboxylic acids is 1. The van der Waals surface area contributed by atoms with Gasteiger partial charge in [0.1, 0.15) is 5.75 Å². The average molecular weight is 279 g/mol. The Balaban J connectivity index is 2.46. The predicted octanol–water partition coefficient (Wildman–Crippen LogP) is 2.70. The highest BCUT2D eigenvalue weighted by Gasteiger charge is 2.15. The lowest BCUT2D eigenvalue weighted by Gasteiger charge is -2.18. The molecule has 0 aromatic heterocycles. The largest absolute Gasteiger partial charge is 0.496 e. The zero-order valence-corrected chi connectivity index (χ0v) is 12.3. The van der Waals surface area contributed by atoms with Crippen molar-refractivity contribution >= 4 is 5.97 Å². The van der Waals surface area contributed by atoms with E-state index in [1.165, 1.54) is 5.56 Å². The van der Waals surface area contributed by atoms with E-state index in [1.807, 2.05) is 18.2 Å². The average Bonchev–Trinajstić information content (AvgIpc) is 2.44. The van der Waals surface area contributed by atoms with Crippen LogP contribution in [0.4, 0.5) is 0 Å². The van der Waals surface area contributed by atoms with E-state index in [-0.39, 0.29) is 12.3 Å². The molecule has 1 aromatic carbocycles. The van der Waals surface area contributed by atoms with E-state index in [1.54, 1.807) is 7.11 Å². The molecule has 3 N–H and O–H groups in total. The Morgan fingerprint density at radius 3 is 2.70 bits per heavy atom. The molecule has 0 spiro atoms. The SMILES string of the molecule is COc1ccccc1CCC(C)C[C@H](CN)CC(=O)O. The monoisotopic (exact) mass is 279 g/mol. The molecular formula is C16H25NO3. The van der Waals surface area contributed by atoms with Gasteiger partial charge >= 0.3 is 5.97 Å². The minimum atomic E-state index is -0.766. The minimum Gasteiger partial charge on any atom is -0.496 e. The normalized spacial score (nSPS) is 13.8. The number of hydrogen-bond donors (Lipinski definition) is 2. The second-order valence-electron chi connectivity index (χ2n) is 5.39. The van der Waals surface area contributed by atoms with Crippen LogP contribution in [-0.4, -0.2) is 24.7 Å². The third-order valence-corrected chi connectivity index (χ3v) is 3.63. The van der Waals surface area contributed by atoms with Gasteiger partial charge in [0.05, 0.1) is 7.11 Å². The summed E-state index contributed by atoms with van der Waals surface area (Å²) < 4.78 is 5.33. The smallest absolute Gasteiger partial charge is 0.303 e. The Kier molecular flexibility index (Phi) is 7.09. The molecule has 0 bridgehead atoms. The Labute approximate surface area is 120 Å². The van der Waals surface area contributed by atoms with Crippen molar-refractivity contribution in [2.24, 2.45) is 17.6 Å². The fourth-order valence-corrected chi connectivity index (χ4v) is 2.51. The van der Waals surface area contributed by atoms with Crippen LogP contribution in [0.15, 0.2) is 24.3 Å². The number of ether oxygens (including phenoxy) is 1. The molecule has 0 fully saturated rings. The maximum absolute atomic E-state index is 10.7. The van der Waals surface area contributed by atoms with E-state index < -0.39 is 5.97 Å². The van der Waals surface area contributed by atoms with Crippen LogP contribution in [0.25, 0.3) is 0 Å². The molecule has 0 aliphatic rings. The van der Waals surface area contributed by atoms with Crippen molar-refractivity contribution in [3.05, 3.63) is 29.8 Å². The molecule has 1 rings (SSSR count). The highest BCUT2D eigenvalue weighted by molar-refractivity contribution is 5.67. The second kappa shape index (κ2) is 8.59. The van der Waals surface area contributed by atoms with Crippen LogP contribution in [0.3, 0.4) is 0 Å². The first kappa shape index (κ1) is 16.5. The first-order valence-electron chi connectivity index (χ1n) is 7.10. The lowest BCUT2D eigenvalue weighted by Crippen LogP contribution is -2.20. The molecule has 1 aromatic rings. The van der Waals surface area contributed by atoms with Crippen LogP contribution < -0.4 is 10.5 Å². The van der Waals surface area contributed by atoms with E-state index in [2.05, 4.69) is 13.0 Å². The Morgan fingerprint density at radius 1 is 1.40 bits per heavy atom. The summed E-state index contributed by atoms with van der Waals surface area (Å²) in [7, 11) is 1.68. The lowest BCUT2D eigenvalue weighted by atomic mass is 9.89. The summed E-state index contributed by atoms with van der Waals surface area (Å²) in [5, 5.41) is 8.83. The van der Waals surface area contributed by atoms with Crippen LogP contribution in [-0.2, 0) is 11.2 Å². The van der Waals surface area contributed by atoms with Gasteiger partial charge in [0.15, 0.2) is 0 Å². The quantitative estimate of drug-likeness (QED) is 0.729. The summed E-state index contributed by atoms with van der Waals surface area (Å²) in [6.07, 6.45) is 2.97. The van der Waals surface area contributed by atoms with Crippen molar-refractivity contribution < 1.29 is 14.6 Å². The molecule has 0 saturated heterocycles. The number of aryl methyl sites for hydroxylation is 1. The second-order valence-corrected chi connectivity index (χ2v) is 5.39. The van der Waals surface area contributed by atoms with Gasteiger partial charge in [-0.05, 0) is 49.3 Å². The number of benzene rings is 1. The molecule has 0 aliphatic carbocycles. The van der Waals surface area contributed by atoms with Gasteiger partial charge in [-0.25, -0.2) is 0 Å².